The Labute approximate surface area is 78.2 Å². The van der Waals surface area contributed by atoms with Crippen LogP contribution in [0, 0.1) is 6.92 Å². The van der Waals surface area contributed by atoms with Crippen molar-refractivity contribution in [1.82, 2.24) is 0 Å². The Kier molecular flexibility index (Phi) is 3.50. The lowest BCUT2D eigenvalue weighted by Gasteiger charge is -2.04. The van der Waals surface area contributed by atoms with Crippen molar-refractivity contribution in [3.63, 3.8) is 0 Å². The number of aryl methyl sites for hydroxylation is 2. The van der Waals surface area contributed by atoms with Crippen LogP contribution in [0.5, 0.6) is 5.75 Å². The first-order valence-corrected chi connectivity index (χ1v) is 4.46. The molecule has 0 spiro atoms. The minimum Gasteiger partial charge on any atom is -0.508 e. The Morgan fingerprint density at radius 1 is 1.46 bits per heavy atom. The molecule has 1 aromatic rings. The van der Waals surface area contributed by atoms with Gasteiger partial charge in [0.05, 0.1) is 0 Å². The van der Waals surface area contributed by atoms with Crippen LogP contribution in [0.25, 0.3) is 0 Å². The summed E-state index contributed by atoms with van der Waals surface area (Å²) in [5, 5.41) is 9.22. The molecular weight excluding hydrogens is 164 g/mol. The van der Waals surface area contributed by atoms with E-state index in [4.69, 9.17) is 0 Å². The molecule has 0 amide bonds. The lowest BCUT2D eigenvalue weighted by molar-refractivity contribution is -0.107. The molecule has 0 aromatic heterocycles. The van der Waals surface area contributed by atoms with Crippen LogP contribution >= 0.6 is 0 Å². The number of phenolic OH excluding ortho intramolecular Hbond substituents is 1. The number of aldehydes is 1. The first kappa shape index (κ1) is 9.78. The highest BCUT2D eigenvalue weighted by Crippen LogP contribution is 2.17. The van der Waals surface area contributed by atoms with E-state index in [1.807, 2.05) is 13.0 Å². The Morgan fingerprint density at radius 2 is 2.23 bits per heavy atom. The van der Waals surface area contributed by atoms with Crippen LogP contribution in [0.3, 0.4) is 0 Å². The predicted molar refractivity (Wildman–Crippen MR) is 51.8 cm³/mol. The van der Waals surface area contributed by atoms with E-state index in [1.54, 1.807) is 12.1 Å². The fourth-order valence-corrected chi connectivity index (χ4v) is 1.30. The average Bonchev–Trinajstić information content (AvgIpc) is 2.11. The van der Waals surface area contributed by atoms with E-state index < -0.39 is 0 Å². The summed E-state index contributed by atoms with van der Waals surface area (Å²) in [4.78, 5) is 10.1. The zero-order chi connectivity index (χ0) is 9.68. The van der Waals surface area contributed by atoms with Crippen LogP contribution in [0.15, 0.2) is 18.2 Å². The Hall–Kier alpha value is -1.31. The third kappa shape index (κ3) is 2.90. The van der Waals surface area contributed by atoms with Crippen molar-refractivity contribution >= 4 is 6.29 Å². The standard InChI is InChI=1S/C11H14O2/c1-9-5-6-11(13)8-10(9)4-2-3-7-12/h5-8,13H,2-4H2,1H3. The lowest BCUT2D eigenvalue weighted by Crippen LogP contribution is -1.89. The molecule has 0 radical (unpaired) electrons. The van der Waals surface area contributed by atoms with E-state index in [9.17, 15) is 9.90 Å². The summed E-state index contributed by atoms with van der Waals surface area (Å²) in [5.74, 6) is 0.298. The van der Waals surface area contributed by atoms with E-state index in [1.165, 1.54) is 5.56 Å². The van der Waals surface area contributed by atoms with Gasteiger partial charge in [0.1, 0.15) is 12.0 Å². The maximum absolute atomic E-state index is 10.1. The third-order valence-corrected chi connectivity index (χ3v) is 2.10. The van der Waals surface area contributed by atoms with E-state index in [-0.39, 0.29) is 0 Å². The van der Waals surface area contributed by atoms with Crippen LogP contribution < -0.4 is 0 Å². The largest absolute Gasteiger partial charge is 0.508 e. The smallest absolute Gasteiger partial charge is 0.120 e. The number of benzene rings is 1. The number of hydrogen-bond acceptors (Lipinski definition) is 2. The molecule has 0 saturated carbocycles. The molecule has 13 heavy (non-hydrogen) atoms. The highest BCUT2D eigenvalue weighted by molar-refractivity contribution is 5.49. The van der Waals surface area contributed by atoms with E-state index in [0.29, 0.717) is 12.2 Å². The molecule has 0 unspecified atom stereocenters. The fraction of sp³-hybridized carbons (Fsp3) is 0.364. The number of rotatable bonds is 4. The van der Waals surface area contributed by atoms with Crippen molar-refractivity contribution in [3.8, 4) is 5.75 Å². The average molecular weight is 178 g/mol. The number of carbonyl (C=O) groups is 1. The van der Waals surface area contributed by atoms with Crippen LogP contribution in [0.1, 0.15) is 24.0 Å². The van der Waals surface area contributed by atoms with Crippen molar-refractivity contribution in [2.24, 2.45) is 0 Å². The second kappa shape index (κ2) is 4.65. The van der Waals surface area contributed by atoms with E-state index in [2.05, 4.69) is 0 Å². The highest BCUT2D eigenvalue weighted by atomic mass is 16.3. The maximum atomic E-state index is 10.1. The monoisotopic (exact) mass is 178 g/mol. The van der Waals surface area contributed by atoms with Crippen molar-refractivity contribution in [2.75, 3.05) is 0 Å². The van der Waals surface area contributed by atoms with Crippen LogP contribution in [0.4, 0.5) is 0 Å². The minimum atomic E-state index is 0.298. The van der Waals surface area contributed by atoms with Crippen molar-refractivity contribution < 1.29 is 9.90 Å². The SMILES string of the molecule is Cc1ccc(O)cc1CCCC=O. The Bertz CT molecular complexity index is 292. The van der Waals surface area contributed by atoms with Crippen LogP contribution in [-0.4, -0.2) is 11.4 Å². The molecular formula is C11H14O2. The lowest BCUT2D eigenvalue weighted by atomic mass is 10.0. The Morgan fingerprint density at radius 3 is 2.92 bits per heavy atom. The summed E-state index contributed by atoms with van der Waals surface area (Å²) in [6, 6.07) is 5.34. The van der Waals surface area contributed by atoms with Crippen molar-refractivity contribution in [3.05, 3.63) is 29.3 Å². The van der Waals surface area contributed by atoms with Gasteiger partial charge in [0.15, 0.2) is 0 Å². The molecule has 70 valence electrons. The van der Waals surface area contributed by atoms with Gasteiger partial charge < -0.3 is 9.90 Å². The van der Waals surface area contributed by atoms with E-state index >= 15 is 0 Å². The van der Waals surface area contributed by atoms with Gasteiger partial charge in [-0.1, -0.05) is 6.07 Å². The number of aromatic hydroxyl groups is 1. The second-order valence-corrected chi connectivity index (χ2v) is 3.17. The fourth-order valence-electron chi connectivity index (χ4n) is 1.30. The van der Waals surface area contributed by atoms with Gasteiger partial charge in [0, 0.05) is 6.42 Å². The van der Waals surface area contributed by atoms with Gasteiger partial charge >= 0.3 is 0 Å². The molecule has 0 bridgehead atoms. The second-order valence-electron chi connectivity index (χ2n) is 3.17. The summed E-state index contributed by atoms with van der Waals surface area (Å²) < 4.78 is 0. The van der Waals surface area contributed by atoms with Gasteiger partial charge in [-0.2, -0.15) is 0 Å². The number of unbranched alkanes of at least 4 members (excludes halogenated alkanes) is 1. The molecule has 1 N–H and O–H groups in total. The van der Waals surface area contributed by atoms with Gasteiger partial charge in [-0.3, -0.25) is 0 Å². The molecule has 0 aliphatic heterocycles. The molecule has 0 aliphatic rings. The van der Waals surface area contributed by atoms with Crippen LogP contribution in [0.2, 0.25) is 0 Å². The summed E-state index contributed by atoms with van der Waals surface area (Å²) in [7, 11) is 0. The summed E-state index contributed by atoms with van der Waals surface area (Å²) >= 11 is 0. The first-order valence-electron chi connectivity index (χ1n) is 4.46. The molecule has 2 nitrogen and oxygen atoms in total. The number of carbonyl (C=O) groups excluding carboxylic acids is 1. The summed E-state index contributed by atoms with van der Waals surface area (Å²) in [6.07, 6.45) is 3.24. The first-order chi connectivity index (χ1) is 6.24. The zero-order valence-corrected chi connectivity index (χ0v) is 7.79. The van der Waals surface area contributed by atoms with Gasteiger partial charge in [-0.05, 0) is 43.0 Å². The molecule has 1 aromatic carbocycles. The van der Waals surface area contributed by atoms with Crippen molar-refractivity contribution in [2.45, 2.75) is 26.2 Å². The maximum Gasteiger partial charge on any atom is 0.120 e. The topological polar surface area (TPSA) is 37.3 Å². The number of phenols is 1. The normalized spacial score (nSPS) is 9.92. The third-order valence-electron chi connectivity index (χ3n) is 2.10. The number of hydrogen-bond donors (Lipinski definition) is 1. The predicted octanol–water partition coefficient (Wildman–Crippen LogP) is 2.22. The van der Waals surface area contributed by atoms with E-state index in [0.717, 1.165) is 24.7 Å². The van der Waals surface area contributed by atoms with Gasteiger partial charge in [-0.15, -0.1) is 0 Å². The summed E-state index contributed by atoms with van der Waals surface area (Å²) in [6.45, 7) is 2.01. The molecule has 0 fully saturated rings. The molecule has 0 heterocycles. The highest BCUT2D eigenvalue weighted by Gasteiger charge is 1.99. The molecule has 0 saturated heterocycles. The quantitative estimate of drug-likeness (QED) is 0.567. The van der Waals surface area contributed by atoms with Crippen LogP contribution in [-0.2, 0) is 11.2 Å². The van der Waals surface area contributed by atoms with Gasteiger partial charge in [0.25, 0.3) is 0 Å². The van der Waals surface area contributed by atoms with Gasteiger partial charge in [-0.25, -0.2) is 0 Å². The summed E-state index contributed by atoms with van der Waals surface area (Å²) in [5.41, 5.74) is 2.30. The molecule has 2 heteroatoms. The zero-order valence-electron chi connectivity index (χ0n) is 7.79. The molecule has 0 aliphatic carbocycles. The molecule has 1 rings (SSSR count). The molecule has 0 atom stereocenters. The Balaban J connectivity index is 2.64. The van der Waals surface area contributed by atoms with Gasteiger partial charge in [0.2, 0.25) is 0 Å². The minimum absolute atomic E-state index is 0.298. The van der Waals surface area contributed by atoms with Crippen molar-refractivity contribution in [1.29, 1.82) is 0 Å².